The third kappa shape index (κ3) is 6.75. The highest BCUT2D eigenvalue weighted by atomic mass is 16.4. The van der Waals surface area contributed by atoms with Crippen molar-refractivity contribution in [2.45, 2.75) is 46.5 Å². The van der Waals surface area contributed by atoms with Gasteiger partial charge in [-0.25, -0.2) is 4.79 Å². The third-order valence-corrected chi connectivity index (χ3v) is 3.00. The number of carboxylic acid groups (broad SMARTS) is 1. The number of carbonyl (C=O) groups is 1. The molecule has 0 bridgehead atoms. The molecule has 0 spiro atoms. The van der Waals surface area contributed by atoms with Gasteiger partial charge < -0.3 is 10.8 Å². The first-order valence-corrected chi connectivity index (χ1v) is 5.41. The van der Waals surface area contributed by atoms with Gasteiger partial charge in [0, 0.05) is 0 Å². The highest BCUT2D eigenvalue weighted by Gasteiger charge is 2.19. The molecule has 1 amide bonds. The van der Waals surface area contributed by atoms with Gasteiger partial charge in [0.2, 0.25) is 0 Å². The van der Waals surface area contributed by atoms with E-state index in [9.17, 15) is 0 Å². The number of amides is 1. The largest absolute Gasteiger partial charge is 0.465 e. The Morgan fingerprint density at radius 1 is 1.29 bits per heavy atom. The predicted molar refractivity (Wildman–Crippen MR) is 58.2 cm³/mol. The van der Waals surface area contributed by atoms with Gasteiger partial charge in [0.15, 0.2) is 0 Å². The van der Waals surface area contributed by atoms with Crippen LogP contribution in [0, 0.1) is 17.8 Å². The van der Waals surface area contributed by atoms with Crippen LogP contribution < -0.4 is 5.73 Å². The maximum Gasteiger partial charge on any atom is 0.402 e. The molecule has 0 aliphatic heterocycles. The van der Waals surface area contributed by atoms with Gasteiger partial charge in [-0.2, -0.15) is 0 Å². The molecule has 0 unspecified atom stereocenters. The molecule has 1 aliphatic carbocycles. The zero-order valence-corrected chi connectivity index (χ0v) is 9.49. The zero-order valence-electron chi connectivity index (χ0n) is 9.49. The van der Waals surface area contributed by atoms with Crippen molar-refractivity contribution in [3.05, 3.63) is 0 Å². The standard InChI is InChI=1S/C10H20.CH3NO2/c1-8(2)10-6-4-9(3)5-7-10;2-1(3)4/h8-10H,4-7H2,1-3H3;2H2,(H,3,4). The molecule has 84 valence electrons. The molecule has 0 radical (unpaired) electrons. The summed E-state index contributed by atoms with van der Waals surface area (Å²) in [5.74, 6) is 2.97. The summed E-state index contributed by atoms with van der Waals surface area (Å²) in [6.45, 7) is 7.11. The van der Waals surface area contributed by atoms with E-state index in [0.29, 0.717) is 0 Å². The molecule has 3 heteroatoms. The fraction of sp³-hybridized carbons (Fsp3) is 0.909. The maximum atomic E-state index is 8.78. The maximum absolute atomic E-state index is 8.78. The van der Waals surface area contributed by atoms with Gasteiger partial charge in [0.25, 0.3) is 0 Å². The van der Waals surface area contributed by atoms with E-state index in [1.54, 1.807) is 0 Å². The van der Waals surface area contributed by atoms with E-state index in [4.69, 9.17) is 9.90 Å². The molecule has 1 fully saturated rings. The lowest BCUT2D eigenvalue weighted by Crippen LogP contribution is -2.16. The Morgan fingerprint density at radius 2 is 1.64 bits per heavy atom. The Balaban J connectivity index is 0.000000364. The minimum atomic E-state index is -1.33. The van der Waals surface area contributed by atoms with E-state index < -0.39 is 6.09 Å². The van der Waals surface area contributed by atoms with Crippen LogP contribution in [0.25, 0.3) is 0 Å². The van der Waals surface area contributed by atoms with Gasteiger partial charge >= 0.3 is 6.09 Å². The topological polar surface area (TPSA) is 63.3 Å². The first-order chi connectivity index (χ1) is 6.43. The summed E-state index contributed by atoms with van der Waals surface area (Å²) < 4.78 is 0. The predicted octanol–water partition coefficient (Wildman–Crippen LogP) is 3.09. The van der Waals surface area contributed by atoms with Crippen LogP contribution >= 0.6 is 0 Å². The zero-order chi connectivity index (χ0) is 11.1. The molecule has 0 aromatic carbocycles. The minimum absolute atomic E-state index is 0.924. The van der Waals surface area contributed by atoms with Gasteiger partial charge in [0.1, 0.15) is 0 Å². The summed E-state index contributed by atoms with van der Waals surface area (Å²) in [4.78, 5) is 8.78. The van der Waals surface area contributed by atoms with Gasteiger partial charge in [0.05, 0.1) is 0 Å². The lowest BCUT2D eigenvalue weighted by molar-refractivity contribution is 0.205. The summed E-state index contributed by atoms with van der Waals surface area (Å²) in [5, 5.41) is 7.19. The average Bonchev–Trinajstić information content (AvgIpc) is 2.03. The molecule has 0 saturated heterocycles. The fourth-order valence-electron chi connectivity index (χ4n) is 1.95. The van der Waals surface area contributed by atoms with E-state index in [0.717, 1.165) is 17.8 Å². The van der Waals surface area contributed by atoms with E-state index in [1.807, 2.05) is 0 Å². The fourth-order valence-corrected chi connectivity index (χ4v) is 1.95. The Bertz CT molecular complexity index is 157. The molecule has 1 aliphatic rings. The summed E-state index contributed by atoms with van der Waals surface area (Å²) in [5.41, 5.74) is 4.03. The van der Waals surface area contributed by atoms with Crippen molar-refractivity contribution in [2.24, 2.45) is 23.5 Å². The Hall–Kier alpha value is -0.730. The highest BCUT2D eigenvalue weighted by molar-refractivity contribution is 5.61. The first-order valence-electron chi connectivity index (χ1n) is 5.41. The van der Waals surface area contributed by atoms with Crippen LogP contribution in [0.2, 0.25) is 0 Å². The molecule has 1 saturated carbocycles. The third-order valence-electron chi connectivity index (χ3n) is 3.00. The van der Waals surface area contributed by atoms with Crippen molar-refractivity contribution in [3.63, 3.8) is 0 Å². The van der Waals surface area contributed by atoms with Crippen molar-refractivity contribution in [2.75, 3.05) is 0 Å². The van der Waals surface area contributed by atoms with Gasteiger partial charge in [-0.15, -0.1) is 0 Å². The second kappa shape index (κ2) is 6.68. The molecule has 0 aromatic heterocycles. The second-order valence-corrected chi connectivity index (χ2v) is 4.60. The van der Waals surface area contributed by atoms with Crippen LogP contribution in [0.4, 0.5) is 4.79 Å². The first kappa shape index (κ1) is 13.3. The molecule has 0 atom stereocenters. The average molecular weight is 201 g/mol. The quantitative estimate of drug-likeness (QED) is 0.684. The van der Waals surface area contributed by atoms with Gasteiger partial charge in [-0.1, -0.05) is 33.6 Å². The van der Waals surface area contributed by atoms with Crippen LogP contribution in [-0.2, 0) is 0 Å². The number of hydrogen-bond donors (Lipinski definition) is 2. The summed E-state index contributed by atoms with van der Waals surface area (Å²) in [6.07, 6.45) is 4.59. The summed E-state index contributed by atoms with van der Waals surface area (Å²) in [7, 11) is 0. The van der Waals surface area contributed by atoms with Crippen LogP contribution in [0.5, 0.6) is 0 Å². The van der Waals surface area contributed by atoms with Crippen LogP contribution in [0.1, 0.15) is 46.5 Å². The molecule has 3 nitrogen and oxygen atoms in total. The van der Waals surface area contributed by atoms with E-state index in [2.05, 4.69) is 26.5 Å². The van der Waals surface area contributed by atoms with E-state index in [-0.39, 0.29) is 0 Å². The van der Waals surface area contributed by atoms with Gasteiger partial charge in [-0.3, -0.25) is 0 Å². The molecular formula is C11H23NO2. The number of primary amides is 1. The van der Waals surface area contributed by atoms with Crippen molar-refractivity contribution >= 4 is 6.09 Å². The van der Waals surface area contributed by atoms with Crippen molar-refractivity contribution in [1.29, 1.82) is 0 Å². The molecule has 0 heterocycles. The minimum Gasteiger partial charge on any atom is -0.465 e. The highest BCUT2D eigenvalue weighted by Crippen LogP contribution is 2.32. The molecule has 1 rings (SSSR count). The number of rotatable bonds is 1. The van der Waals surface area contributed by atoms with Crippen molar-refractivity contribution in [1.82, 2.24) is 0 Å². The number of hydrogen-bond acceptors (Lipinski definition) is 1. The Labute approximate surface area is 86.7 Å². The van der Waals surface area contributed by atoms with Crippen LogP contribution in [0.3, 0.4) is 0 Å². The van der Waals surface area contributed by atoms with E-state index >= 15 is 0 Å². The van der Waals surface area contributed by atoms with Gasteiger partial charge in [-0.05, 0) is 30.6 Å². The molecule has 14 heavy (non-hydrogen) atoms. The van der Waals surface area contributed by atoms with Crippen molar-refractivity contribution in [3.8, 4) is 0 Å². The molecular weight excluding hydrogens is 178 g/mol. The second-order valence-electron chi connectivity index (χ2n) is 4.60. The SMILES string of the molecule is CC1CCC(C(C)C)CC1.NC(=O)O. The molecule has 3 N–H and O–H groups in total. The summed E-state index contributed by atoms with van der Waals surface area (Å²) in [6, 6.07) is 0. The molecule has 0 aromatic rings. The Kier molecular flexibility index (Phi) is 6.34. The van der Waals surface area contributed by atoms with Crippen LogP contribution in [0.15, 0.2) is 0 Å². The Morgan fingerprint density at radius 3 is 1.93 bits per heavy atom. The normalized spacial score (nSPS) is 26.6. The summed E-state index contributed by atoms with van der Waals surface area (Å²) >= 11 is 0. The van der Waals surface area contributed by atoms with E-state index in [1.165, 1.54) is 25.7 Å². The van der Waals surface area contributed by atoms with Crippen LogP contribution in [-0.4, -0.2) is 11.2 Å². The van der Waals surface area contributed by atoms with Crippen molar-refractivity contribution < 1.29 is 9.90 Å². The monoisotopic (exact) mass is 201 g/mol. The lowest BCUT2D eigenvalue weighted by Gasteiger charge is -2.28. The number of nitrogens with two attached hydrogens (primary N) is 1. The lowest BCUT2D eigenvalue weighted by atomic mass is 9.78. The smallest absolute Gasteiger partial charge is 0.402 e.